The van der Waals surface area contributed by atoms with Gasteiger partial charge >= 0.3 is 0 Å². The van der Waals surface area contributed by atoms with Gasteiger partial charge in [0.15, 0.2) is 0 Å². The molecule has 1 aliphatic rings. The molecule has 0 aliphatic carbocycles. The first-order chi connectivity index (χ1) is 9.33. The minimum atomic E-state index is 0.923. The van der Waals surface area contributed by atoms with Crippen molar-refractivity contribution in [3.63, 3.8) is 0 Å². The molecule has 0 amide bonds. The fourth-order valence-corrected chi connectivity index (χ4v) is 2.82. The van der Waals surface area contributed by atoms with Crippen LogP contribution in [0.5, 0.6) is 0 Å². The Morgan fingerprint density at radius 2 is 1.53 bits per heavy atom. The number of nitrogen functional groups attached to an aromatic ring is 1. The summed E-state index contributed by atoms with van der Waals surface area (Å²) in [6, 6.07) is 16.9. The highest BCUT2D eigenvalue weighted by molar-refractivity contribution is 5.46. The second-order valence-electron chi connectivity index (χ2n) is 5.28. The average Bonchev–Trinajstić information content (AvgIpc) is 2.83. The molecule has 2 aromatic carbocycles. The zero-order valence-electron chi connectivity index (χ0n) is 11.2. The third kappa shape index (κ3) is 2.79. The molecule has 0 spiro atoms. The third-order valence-electron chi connectivity index (χ3n) is 3.88. The number of nitrogens with zero attached hydrogens (tertiary/aromatic N) is 1. The number of nitrogens with two attached hydrogens (primary N) is 1. The molecule has 1 aliphatic heterocycles. The summed E-state index contributed by atoms with van der Waals surface area (Å²) in [6.07, 6.45) is 2.24. The maximum absolute atomic E-state index is 5.97. The van der Waals surface area contributed by atoms with Crippen LogP contribution in [0.3, 0.4) is 0 Å². The number of rotatable bonds is 4. The second kappa shape index (κ2) is 5.45. The number of aryl methyl sites for hydroxylation is 1. The van der Waals surface area contributed by atoms with Crippen molar-refractivity contribution in [2.45, 2.75) is 25.9 Å². The predicted octanol–water partition coefficient (Wildman–Crippen LogP) is 3.22. The summed E-state index contributed by atoms with van der Waals surface area (Å²) in [6.45, 7) is 3.34. The summed E-state index contributed by atoms with van der Waals surface area (Å²) in [5.74, 6) is 0. The number of fused-ring (bicyclic) bond motifs is 1. The second-order valence-corrected chi connectivity index (χ2v) is 5.28. The van der Waals surface area contributed by atoms with Gasteiger partial charge in [-0.05, 0) is 42.1 Å². The van der Waals surface area contributed by atoms with Crippen LogP contribution in [0.25, 0.3) is 0 Å². The van der Waals surface area contributed by atoms with E-state index < -0.39 is 0 Å². The van der Waals surface area contributed by atoms with Crippen LogP contribution in [-0.2, 0) is 19.5 Å². The minimum Gasteiger partial charge on any atom is -0.399 e. The van der Waals surface area contributed by atoms with Crippen molar-refractivity contribution in [2.75, 3.05) is 12.3 Å². The van der Waals surface area contributed by atoms with Gasteiger partial charge < -0.3 is 5.73 Å². The normalized spacial score (nSPS) is 14.5. The van der Waals surface area contributed by atoms with Crippen LogP contribution in [0.1, 0.15) is 23.1 Å². The Balaban J connectivity index is 1.51. The van der Waals surface area contributed by atoms with E-state index in [2.05, 4.69) is 41.3 Å². The molecule has 0 bridgehead atoms. The molecule has 3 rings (SSSR count). The van der Waals surface area contributed by atoms with Gasteiger partial charge in [0.1, 0.15) is 0 Å². The van der Waals surface area contributed by atoms with E-state index in [1.54, 1.807) is 0 Å². The van der Waals surface area contributed by atoms with Crippen LogP contribution in [0.4, 0.5) is 5.69 Å². The lowest BCUT2D eigenvalue weighted by Crippen LogP contribution is -2.18. The molecule has 2 nitrogen and oxygen atoms in total. The minimum absolute atomic E-state index is 0.923. The summed E-state index contributed by atoms with van der Waals surface area (Å²) in [5, 5.41) is 0. The van der Waals surface area contributed by atoms with Crippen molar-refractivity contribution >= 4 is 5.69 Å². The van der Waals surface area contributed by atoms with Gasteiger partial charge in [0.2, 0.25) is 0 Å². The summed E-state index contributed by atoms with van der Waals surface area (Å²) in [5.41, 5.74) is 11.1. The van der Waals surface area contributed by atoms with Crippen molar-refractivity contribution in [1.82, 2.24) is 4.90 Å². The van der Waals surface area contributed by atoms with Gasteiger partial charge in [0, 0.05) is 18.8 Å². The number of anilines is 1. The van der Waals surface area contributed by atoms with Crippen LogP contribution >= 0.6 is 0 Å². The zero-order chi connectivity index (χ0) is 13.1. The molecule has 0 aromatic heterocycles. The van der Waals surface area contributed by atoms with E-state index in [-0.39, 0.29) is 0 Å². The largest absolute Gasteiger partial charge is 0.399 e. The topological polar surface area (TPSA) is 29.3 Å². The molecule has 19 heavy (non-hydrogen) atoms. The van der Waals surface area contributed by atoms with E-state index in [1.807, 2.05) is 12.1 Å². The first-order valence-corrected chi connectivity index (χ1v) is 6.95. The highest BCUT2D eigenvalue weighted by atomic mass is 15.1. The molecule has 0 unspecified atom stereocenters. The SMILES string of the molecule is Nc1ccccc1CCCN1Cc2ccccc2C1. The Morgan fingerprint density at radius 1 is 0.895 bits per heavy atom. The molecule has 0 saturated heterocycles. The van der Waals surface area contributed by atoms with E-state index in [0.717, 1.165) is 31.7 Å². The van der Waals surface area contributed by atoms with E-state index in [0.29, 0.717) is 0 Å². The van der Waals surface area contributed by atoms with Crippen molar-refractivity contribution in [2.24, 2.45) is 0 Å². The molecular weight excluding hydrogens is 232 g/mol. The first-order valence-electron chi connectivity index (χ1n) is 6.95. The van der Waals surface area contributed by atoms with Crippen LogP contribution in [0, 0.1) is 0 Å². The predicted molar refractivity (Wildman–Crippen MR) is 79.7 cm³/mol. The van der Waals surface area contributed by atoms with Gasteiger partial charge in [-0.2, -0.15) is 0 Å². The molecule has 98 valence electrons. The number of benzene rings is 2. The lowest BCUT2D eigenvalue weighted by molar-refractivity contribution is 0.280. The van der Waals surface area contributed by atoms with Crippen LogP contribution in [-0.4, -0.2) is 11.4 Å². The van der Waals surface area contributed by atoms with Crippen molar-refractivity contribution in [3.05, 3.63) is 65.2 Å². The maximum Gasteiger partial charge on any atom is 0.0346 e. The molecule has 1 heterocycles. The molecule has 2 aromatic rings. The Morgan fingerprint density at radius 3 is 2.21 bits per heavy atom. The number of hydrogen-bond acceptors (Lipinski definition) is 2. The quantitative estimate of drug-likeness (QED) is 0.847. The molecule has 0 atom stereocenters. The monoisotopic (exact) mass is 252 g/mol. The molecule has 0 radical (unpaired) electrons. The summed E-state index contributed by atoms with van der Waals surface area (Å²) < 4.78 is 0. The Bertz CT molecular complexity index is 538. The van der Waals surface area contributed by atoms with E-state index >= 15 is 0 Å². The molecular formula is C17H20N2. The fourth-order valence-electron chi connectivity index (χ4n) is 2.82. The van der Waals surface area contributed by atoms with Crippen LogP contribution in [0.15, 0.2) is 48.5 Å². The maximum atomic E-state index is 5.97. The molecule has 2 N–H and O–H groups in total. The fraction of sp³-hybridized carbons (Fsp3) is 0.294. The van der Waals surface area contributed by atoms with Gasteiger partial charge in [0.05, 0.1) is 0 Å². The number of hydrogen-bond donors (Lipinski definition) is 1. The molecule has 2 heteroatoms. The Hall–Kier alpha value is -1.80. The highest BCUT2D eigenvalue weighted by Gasteiger charge is 2.17. The smallest absolute Gasteiger partial charge is 0.0346 e. The lowest BCUT2D eigenvalue weighted by Gasteiger charge is -2.14. The standard InChI is InChI=1S/C17H20N2/c18-17-10-4-3-6-14(17)9-5-11-19-12-15-7-1-2-8-16(15)13-19/h1-4,6-8,10H,5,9,11-13,18H2. The zero-order valence-corrected chi connectivity index (χ0v) is 11.2. The van der Waals surface area contributed by atoms with E-state index in [4.69, 9.17) is 5.73 Å². The molecule has 0 fully saturated rings. The summed E-state index contributed by atoms with van der Waals surface area (Å²) >= 11 is 0. The Kier molecular flexibility index (Phi) is 3.51. The van der Waals surface area contributed by atoms with Gasteiger partial charge in [-0.25, -0.2) is 0 Å². The number of para-hydroxylation sites is 1. The lowest BCUT2D eigenvalue weighted by atomic mass is 10.1. The van der Waals surface area contributed by atoms with Crippen molar-refractivity contribution in [1.29, 1.82) is 0 Å². The van der Waals surface area contributed by atoms with Gasteiger partial charge in [0.25, 0.3) is 0 Å². The van der Waals surface area contributed by atoms with Crippen LogP contribution < -0.4 is 5.73 Å². The van der Waals surface area contributed by atoms with E-state index in [9.17, 15) is 0 Å². The summed E-state index contributed by atoms with van der Waals surface area (Å²) in [7, 11) is 0. The van der Waals surface area contributed by atoms with E-state index in [1.165, 1.54) is 23.1 Å². The first kappa shape index (κ1) is 12.2. The average molecular weight is 252 g/mol. The van der Waals surface area contributed by atoms with Crippen LogP contribution in [0.2, 0.25) is 0 Å². The summed E-state index contributed by atoms with van der Waals surface area (Å²) in [4.78, 5) is 2.52. The highest BCUT2D eigenvalue weighted by Crippen LogP contribution is 2.22. The van der Waals surface area contributed by atoms with Gasteiger partial charge in [-0.3, -0.25) is 4.90 Å². The Labute approximate surface area is 114 Å². The van der Waals surface area contributed by atoms with Gasteiger partial charge in [-0.15, -0.1) is 0 Å². The third-order valence-corrected chi connectivity index (χ3v) is 3.88. The van der Waals surface area contributed by atoms with Crippen molar-refractivity contribution in [3.8, 4) is 0 Å². The molecule has 0 saturated carbocycles. The van der Waals surface area contributed by atoms with Gasteiger partial charge in [-0.1, -0.05) is 42.5 Å². The van der Waals surface area contributed by atoms with Crippen molar-refractivity contribution < 1.29 is 0 Å².